The molecule has 0 saturated carbocycles. The van der Waals surface area contributed by atoms with Gasteiger partial charge in [0, 0.05) is 13.1 Å². The van der Waals surface area contributed by atoms with Crippen LogP contribution in [0.3, 0.4) is 0 Å². The molecule has 0 aliphatic carbocycles. The van der Waals surface area contributed by atoms with E-state index >= 15 is 0 Å². The Labute approximate surface area is 142 Å². The first-order valence-corrected chi connectivity index (χ1v) is 8.27. The van der Waals surface area contributed by atoms with Crippen molar-refractivity contribution in [1.29, 1.82) is 0 Å². The highest BCUT2D eigenvalue weighted by Crippen LogP contribution is 2.27. The molecular weight excluding hydrogens is 304 g/mol. The van der Waals surface area contributed by atoms with Gasteiger partial charge in [-0.05, 0) is 41.4 Å². The maximum atomic E-state index is 5.94. The highest BCUT2D eigenvalue weighted by molar-refractivity contribution is 7.97. The van der Waals surface area contributed by atoms with Gasteiger partial charge in [-0.25, -0.2) is 0 Å². The summed E-state index contributed by atoms with van der Waals surface area (Å²) in [5, 5.41) is 3.04. The van der Waals surface area contributed by atoms with E-state index in [0.717, 1.165) is 34.9 Å². The number of ether oxygens (including phenoxy) is 1. The average Bonchev–Trinajstić information content (AvgIpc) is 2.60. The maximum absolute atomic E-state index is 5.94. The number of benzene rings is 2. The summed E-state index contributed by atoms with van der Waals surface area (Å²) in [7, 11) is 0. The molecule has 0 unspecified atom stereocenters. The smallest absolute Gasteiger partial charge is 0.134 e. The van der Waals surface area contributed by atoms with Crippen molar-refractivity contribution < 1.29 is 4.74 Å². The van der Waals surface area contributed by atoms with E-state index in [1.165, 1.54) is 0 Å². The van der Waals surface area contributed by atoms with E-state index in [1.807, 2.05) is 42.5 Å². The molecule has 0 amide bonds. The zero-order valence-electron chi connectivity index (χ0n) is 13.1. The van der Waals surface area contributed by atoms with Crippen LogP contribution in [0.1, 0.15) is 5.56 Å². The molecule has 2 aromatic carbocycles. The first kappa shape index (κ1) is 17.2. The van der Waals surface area contributed by atoms with Gasteiger partial charge in [-0.15, -0.1) is 0 Å². The van der Waals surface area contributed by atoms with Gasteiger partial charge in [0.25, 0.3) is 0 Å². The van der Waals surface area contributed by atoms with E-state index in [9.17, 15) is 0 Å². The largest absolute Gasteiger partial charge is 0.488 e. The predicted molar refractivity (Wildman–Crippen MR) is 98.4 cm³/mol. The highest BCUT2D eigenvalue weighted by Gasteiger charge is 2.04. The van der Waals surface area contributed by atoms with Gasteiger partial charge in [-0.3, -0.25) is 4.72 Å². The minimum Gasteiger partial charge on any atom is -0.488 e. The van der Waals surface area contributed by atoms with Gasteiger partial charge in [-0.2, -0.15) is 0 Å². The summed E-state index contributed by atoms with van der Waals surface area (Å²) in [6.45, 7) is 9.64. The van der Waals surface area contributed by atoms with Gasteiger partial charge in [0.15, 0.2) is 0 Å². The Bertz CT molecular complexity index is 628. The fourth-order valence-electron chi connectivity index (χ4n) is 1.88. The number of hydrogen-bond acceptors (Lipinski definition) is 4. The van der Waals surface area contributed by atoms with Crippen molar-refractivity contribution in [3.63, 3.8) is 0 Å². The zero-order valence-corrected chi connectivity index (χ0v) is 13.9. The van der Waals surface area contributed by atoms with Crippen LogP contribution in [0.5, 0.6) is 5.75 Å². The van der Waals surface area contributed by atoms with E-state index in [0.29, 0.717) is 6.61 Å². The van der Waals surface area contributed by atoms with Gasteiger partial charge < -0.3 is 10.1 Å². The molecule has 23 heavy (non-hydrogen) atoms. The Kier molecular flexibility index (Phi) is 7.30. The van der Waals surface area contributed by atoms with Gasteiger partial charge in [0.05, 0.1) is 4.90 Å². The van der Waals surface area contributed by atoms with Crippen molar-refractivity contribution in [3.8, 4) is 5.75 Å². The summed E-state index contributed by atoms with van der Waals surface area (Å²) < 4.78 is 9.25. The molecule has 2 rings (SSSR count). The summed E-state index contributed by atoms with van der Waals surface area (Å²) in [6, 6.07) is 18.2. The Morgan fingerprint density at radius 3 is 2.57 bits per heavy atom. The third-order valence-corrected chi connectivity index (χ3v) is 3.93. The second kappa shape index (κ2) is 9.77. The molecule has 2 aromatic rings. The van der Waals surface area contributed by atoms with Crippen LogP contribution in [0, 0.1) is 0 Å². The Morgan fingerprint density at radius 1 is 1.04 bits per heavy atom. The molecule has 2 N–H and O–H groups in total. The van der Waals surface area contributed by atoms with Crippen LogP contribution in [0.4, 0.5) is 0 Å². The fourth-order valence-corrected chi connectivity index (χ4v) is 2.69. The van der Waals surface area contributed by atoms with Crippen LogP contribution < -0.4 is 14.8 Å². The number of rotatable bonds is 10. The zero-order chi connectivity index (χ0) is 16.3. The van der Waals surface area contributed by atoms with Crippen LogP contribution in [0.25, 0.3) is 0 Å². The normalized spacial score (nSPS) is 10.1. The molecule has 0 aromatic heterocycles. The van der Waals surface area contributed by atoms with E-state index in [2.05, 4.69) is 35.3 Å². The summed E-state index contributed by atoms with van der Waals surface area (Å²) in [5.41, 5.74) is 2.23. The lowest BCUT2D eigenvalue weighted by Gasteiger charge is -2.12. The van der Waals surface area contributed by atoms with E-state index in [4.69, 9.17) is 4.74 Å². The number of nitrogens with one attached hydrogen (secondary N) is 2. The molecule has 0 bridgehead atoms. The van der Waals surface area contributed by atoms with E-state index < -0.39 is 0 Å². The summed E-state index contributed by atoms with van der Waals surface area (Å²) in [4.78, 5) is 1.06. The van der Waals surface area contributed by atoms with Crippen molar-refractivity contribution in [2.45, 2.75) is 11.5 Å². The van der Waals surface area contributed by atoms with Crippen molar-refractivity contribution >= 4 is 11.9 Å². The molecule has 3 nitrogen and oxygen atoms in total. The lowest BCUT2D eigenvalue weighted by Crippen LogP contribution is -2.16. The SMILES string of the molecule is C=CNCC(=C)CNSc1ccccc1OCc1ccccc1. The Balaban J connectivity index is 1.85. The van der Waals surface area contributed by atoms with Gasteiger partial charge in [0.2, 0.25) is 0 Å². The van der Waals surface area contributed by atoms with Crippen LogP contribution in [-0.4, -0.2) is 13.1 Å². The van der Waals surface area contributed by atoms with Crippen LogP contribution in [0.15, 0.2) is 84.4 Å². The lowest BCUT2D eigenvalue weighted by molar-refractivity contribution is 0.299. The molecule has 0 atom stereocenters. The average molecular weight is 326 g/mol. The van der Waals surface area contributed by atoms with Gasteiger partial charge in [-0.1, -0.05) is 55.6 Å². The maximum Gasteiger partial charge on any atom is 0.134 e. The summed E-state index contributed by atoms with van der Waals surface area (Å²) in [5.74, 6) is 0.878. The fraction of sp³-hybridized carbons (Fsp3) is 0.158. The summed E-state index contributed by atoms with van der Waals surface area (Å²) in [6.07, 6.45) is 1.67. The standard InChI is InChI=1S/C19H22N2OS/c1-3-20-13-16(2)14-21-23-19-12-8-7-11-18(19)22-15-17-9-5-4-6-10-17/h3-12,20-21H,1-2,13-15H2. The monoisotopic (exact) mass is 326 g/mol. The predicted octanol–water partition coefficient (Wildman–Crippen LogP) is 4.15. The van der Waals surface area contributed by atoms with Crippen molar-refractivity contribution in [1.82, 2.24) is 10.0 Å². The molecule has 120 valence electrons. The molecule has 0 aliphatic rings. The molecule has 0 spiro atoms. The third-order valence-electron chi connectivity index (χ3n) is 3.09. The van der Waals surface area contributed by atoms with Crippen molar-refractivity contribution in [2.24, 2.45) is 0 Å². The Morgan fingerprint density at radius 2 is 1.78 bits per heavy atom. The second-order valence-electron chi connectivity index (χ2n) is 4.98. The lowest BCUT2D eigenvalue weighted by atomic mass is 10.2. The molecule has 0 fully saturated rings. The van der Waals surface area contributed by atoms with E-state index in [1.54, 1.807) is 18.1 Å². The second-order valence-corrected chi connectivity index (χ2v) is 5.91. The van der Waals surface area contributed by atoms with Crippen LogP contribution >= 0.6 is 11.9 Å². The minimum atomic E-state index is 0.564. The molecule has 0 radical (unpaired) electrons. The van der Waals surface area contributed by atoms with E-state index in [-0.39, 0.29) is 0 Å². The molecular formula is C19H22N2OS. The first-order chi connectivity index (χ1) is 11.3. The van der Waals surface area contributed by atoms with Crippen molar-refractivity contribution in [3.05, 3.63) is 85.1 Å². The topological polar surface area (TPSA) is 33.3 Å². The molecule has 0 aliphatic heterocycles. The Hall–Kier alpha value is -2.17. The molecule has 0 saturated heterocycles. The highest BCUT2D eigenvalue weighted by atomic mass is 32.2. The molecule has 0 heterocycles. The molecule has 4 heteroatoms. The van der Waals surface area contributed by atoms with Crippen molar-refractivity contribution in [2.75, 3.05) is 13.1 Å². The summed E-state index contributed by atoms with van der Waals surface area (Å²) >= 11 is 1.55. The van der Waals surface area contributed by atoms with Crippen LogP contribution in [-0.2, 0) is 6.61 Å². The quantitative estimate of drug-likeness (QED) is 0.507. The van der Waals surface area contributed by atoms with Gasteiger partial charge in [0.1, 0.15) is 12.4 Å². The third kappa shape index (κ3) is 6.22. The van der Waals surface area contributed by atoms with Crippen LogP contribution in [0.2, 0.25) is 0 Å². The number of hydrogen-bond donors (Lipinski definition) is 2. The van der Waals surface area contributed by atoms with Gasteiger partial charge >= 0.3 is 0 Å². The first-order valence-electron chi connectivity index (χ1n) is 7.46. The minimum absolute atomic E-state index is 0.564. The number of para-hydroxylation sites is 1.